The lowest BCUT2D eigenvalue weighted by Crippen LogP contribution is -2.32. The fourth-order valence-corrected chi connectivity index (χ4v) is 4.33. The Bertz CT molecular complexity index is 453. The lowest BCUT2D eigenvalue weighted by Gasteiger charge is -2.30. The molecule has 1 aromatic rings. The lowest BCUT2D eigenvalue weighted by atomic mass is 10.1. The van der Waals surface area contributed by atoms with Crippen LogP contribution in [0.4, 0.5) is 0 Å². The average molecular weight is 310 g/mol. The second-order valence-electron chi connectivity index (χ2n) is 4.81. The topological polar surface area (TPSA) is 42.0 Å². The standard InChI is InChI=1S/C15H23N2O3P/c1-4-16(5-2)21-17(15(18)12-19-3)11-14(20-21)13-9-7-6-8-10-13/h6-10,14H,4-5,11-12H2,1-3H3. The van der Waals surface area contributed by atoms with Crippen LogP contribution in [0, 0.1) is 0 Å². The van der Waals surface area contributed by atoms with Crippen molar-refractivity contribution in [2.24, 2.45) is 0 Å². The summed E-state index contributed by atoms with van der Waals surface area (Å²) in [6, 6.07) is 10.1. The van der Waals surface area contributed by atoms with Gasteiger partial charge >= 0.3 is 0 Å². The van der Waals surface area contributed by atoms with E-state index in [9.17, 15) is 4.79 Å². The maximum absolute atomic E-state index is 12.3. The Hall–Kier alpha value is -1.00. The number of carbonyl (C=O) groups is 1. The van der Waals surface area contributed by atoms with Crippen LogP contribution >= 0.6 is 8.45 Å². The number of amides is 1. The van der Waals surface area contributed by atoms with E-state index in [1.54, 1.807) is 7.11 Å². The van der Waals surface area contributed by atoms with Gasteiger partial charge in [-0.3, -0.25) is 9.46 Å². The molecule has 2 atom stereocenters. The third-order valence-electron chi connectivity index (χ3n) is 3.47. The fraction of sp³-hybridized carbons (Fsp3) is 0.533. The van der Waals surface area contributed by atoms with E-state index in [2.05, 4.69) is 18.5 Å². The number of rotatable bonds is 6. The maximum Gasteiger partial charge on any atom is 0.254 e. The quantitative estimate of drug-likeness (QED) is 0.758. The van der Waals surface area contributed by atoms with E-state index in [4.69, 9.17) is 9.26 Å². The summed E-state index contributed by atoms with van der Waals surface area (Å²) < 4.78 is 15.2. The largest absolute Gasteiger partial charge is 0.375 e. The molecule has 0 N–H and O–H groups in total. The van der Waals surface area contributed by atoms with E-state index in [1.165, 1.54) is 0 Å². The first-order valence-corrected chi connectivity index (χ1v) is 8.43. The van der Waals surface area contributed by atoms with Gasteiger partial charge < -0.3 is 9.26 Å². The molecule has 21 heavy (non-hydrogen) atoms. The van der Waals surface area contributed by atoms with Crippen molar-refractivity contribution in [2.75, 3.05) is 33.4 Å². The molecule has 1 aliphatic heterocycles. The van der Waals surface area contributed by atoms with Gasteiger partial charge in [0.2, 0.25) is 8.45 Å². The molecule has 1 aromatic carbocycles. The van der Waals surface area contributed by atoms with Crippen molar-refractivity contribution in [3.8, 4) is 0 Å². The van der Waals surface area contributed by atoms with Crippen LogP contribution in [0.3, 0.4) is 0 Å². The van der Waals surface area contributed by atoms with Gasteiger partial charge in [0.15, 0.2) is 0 Å². The molecule has 0 aliphatic carbocycles. The number of hydrogen-bond donors (Lipinski definition) is 0. The molecule has 1 aliphatic rings. The van der Waals surface area contributed by atoms with Crippen LogP contribution in [-0.4, -0.2) is 48.6 Å². The molecule has 1 saturated heterocycles. The molecule has 5 nitrogen and oxygen atoms in total. The Labute approximate surface area is 127 Å². The van der Waals surface area contributed by atoms with Crippen molar-refractivity contribution in [3.05, 3.63) is 35.9 Å². The van der Waals surface area contributed by atoms with E-state index >= 15 is 0 Å². The molecule has 2 rings (SSSR count). The van der Waals surface area contributed by atoms with Crippen molar-refractivity contribution in [2.45, 2.75) is 20.0 Å². The van der Waals surface area contributed by atoms with Crippen LogP contribution in [0.2, 0.25) is 0 Å². The van der Waals surface area contributed by atoms with Crippen LogP contribution in [0.1, 0.15) is 25.5 Å². The third-order valence-corrected chi connectivity index (χ3v) is 5.76. The van der Waals surface area contributed by atoms with Gasteiger partial charge in [0.25, 0.3) is 5.91 Å². The monoisotopic (exact) mass is 310 g/mol. The maximum atomic E-state index is 12.3. The first-order valence-electron chi connectivity index (χ1n) is 7.27. The van der Waals surface area contributed by atoms with Crippen LogP contribution < -0.4 is 0 Å². The Morgan fingerprint density at radius 3 is 2.62 bits per heavy atom. The van der Waals surface area contributed by atoms with Gasteiger partial charge in [0.1, 0.15) is 12.7 Å². The summed E-state index contributed by atoms with van der Waals surface area (Å²) in [7, 11) is 0.496. The molecule has 6 heteroatoms. The van der Waals surface area contributed by atoms with Gasteiger partial charge in [-0.05, 0) is 5.56 Å². The minimum atomic E-state index is -1.05. The van der Waals surface area contributed by atoms with Gasteiger partial charge in [0, 0.05) is 20.2 Å². The number of ether oxygens (including phenoxy) is 1. The molecular weight excluding hydrogens is 287 g/mol. The zero-order chi connectivity index (χ0) is 15.2. The molecule has 0 spiro atoms. The molecule has 2 unspecified atom stereocenters. The van der Waals surface area contributed by atoms with Gasteiger partial charge in [-0.25, -0.2) is 4.67 Å². The summed E-state index contributed by atoms with van der Waals surface area (Å²) in [6.45, 7) is 6.59. The van der Waals surface area contributed by atoms with Gasteiger partial charge in [-0.1, -0.05) is 44.2 Å². The number of nitrogens with zero attached hydrogens (tertiary/aromatic N) is 2. The number of benzene rings is 1. The molecular formula is C15H23N2O3P. The summed E-state index contributed by atoms with van der Waals surface area (Å²) in [5.74, 6) is -0.00561. The summed E-state index contributed by atoms with van der Waals surface area (Å²) in [5, 5.41) is 0. The second kappa shape index (κ2) is 7.85. The number of carbonyl (C=O) groups excluding carboxylic acids is 1. The molecule has 0 bridgehead atoms. The van der Waals surface area contributed by atoms with Crippen LogP contribution in [0.25, 0.3) is 0 Å². The number of hydrogen-bond acceptors (Lipinski definition) is 4. The van der Waals surface area contributed by atoms with Crippen molar-refractivity contribution in [1.82, 2.24) is 9.34 Å². The summed E-state index contributed by atoms with van der Waals surface area (Å²) >= 11 is 0. The Morgan fingerprint density at radius 1 is 1.38 bits per heavy atom. The summed E-state index contributed by atoms with van der Waals surface area (Å²) in [5.41, 5.74) is 1.12. The Kier molecular flexibility index (Phi) is 6.12. The van der Waals surface area contributed by atoms with E-state index in [0.717, 1.165) is 18.7 Å². The molecule has 1 heterocycles. The lowest BCUT2D eigenvalue weighted by molar-refractivity contribution is -0.130. The highest BCUT2D eigenvalue weighted by molar-refractivity contribution is 7.48. The van der Waals surface area contributed by atoms with E-state index in [0.29, 0.717) is 6.54 Å². The van der Waals surface area contributed by atoms with Crippen molar-refractivity contribution in [1.29, 1.82) is 0 Å². The summed E-state index contributed by atoms with van der Waals surface area (Å²) in [4.78, 5) is 12.3. The van der Waals surface area contributed by atoms with Crippen molar-refractivity contribution < 1.29 is 14.1 Å². The van der Waals surface area contributed by atoms with Crippen molar-refractivity contribution in [3.63, 3.8) is 0 Å². The Morgan fingerprint density at radius 2 is 2.05 bits per heavy atom. The highest BCUT2D eigenvalue weighted by Gasteiger charge is 2.40. The first kappa shape index (κ1) is 16.4. The zero-order valence-electron chi connectivity index (χ0n) is 12.9. The SMILES string of the molecule is CCN(CC)P1OC(c2ccccc2)CN1C(=O)COC. The molecule has 0 radical (unpaired) electrons. The van der Waals surface area contributed by atoms with E-state index in [1.807, 2.05) is 35.0 Å². The van der Waals surface area contributed by atoms with E-state index in [-0.39, 0.29) is 18.6 Å². The molecule has 0 saturated carbocycles. The van der Waals surface area contributed by atoms with Crippen molar-refractivity contribution >= 4 is 14.4 Å². The van der Waals surface area contributed by atoms with Gasteiger partial charge in [-0.2, -0.15) is 0 Å². The smallest absolute Gasteiger partial charge is 0.254 e. The minimum absolute atomic E-state index is 0.00561. The average Bonchev–Trinajstić information content (AvgIpc) is 2.95. The third kappa shape index (κ3) is 3.80. The van der Waals surface area contributed by atoms with Crippen LogP contribution in [0.5, 0.6) is 0 Å². The summed E-state index contributed by atoms with van der Waals surface area (Å²) in [6.07, 6.45) is -0.0567. The predicted molar refractivity (Wildman–Crippen MR) is 83.7 cm³/mol. The minimum Gasteiger partial charge on any atom is -0.375 e. The predicted octanol–water partition coefficient (Wildman–Crippen LogP) is 2.80. The van der Waals surface area contributed by atoms with Gasteiger partial charge in [0.05, 0.1) is 6.54 Å². The zero-order valence-corrected chi connectivity index (χ0v) is 13.8. The Balaban J connectivity index is 2.18. The highest BCUT2D eigenvalue weighted by atomic mass is 31.2. The molecule has 0 aromatic heterocycles. The molecule has 1 amide bonds. The molecule has 1 fully saturated rings. The van der Waals surface area contributed by atoms with Crippen LogP contribution in [0.15, 0.2) is 30.3 Å². The van der Waals surface area contributed by atoms with E-state index < -0.39 is 8.45 Å². The fourth-order valence-electron chi connectivity index (χ4n) is 2.35. The molecule has 116 valence electrons. The first-order chi connectivity index (χ1) is 10.2. The normalized spacial score (nSPS) is 22.0. The van der Waals surface area contributed by atoms with Gasteiger partial charge in [-0.15, -0.1) is 0 Å². The highest BCUT2D eigenvalue weighted by Crippen LogP contribution is 2.55. The second-order valence-corrected chi connectivity index (χ2v) is 6.57. The number of methoxy groups -OCH3 is 1. The van der Waals surface area contributed by atoms with Crippen LogP contribution in [-0.2, 0) is 14.1 Å².